The fraction of sp³-hybridized carbons (Fsp3) is 0.0588. The van der Waals surface area contributed by atoms with E-state index in [4.69, 9.17) is 5.73 Å². The number of halogens is 1. The zero-order valence-corrected chi connectivity index (χ0v) is 13.8. The third kappa shape index (κ3) is 3.83. The number of pyridine rings is 1. The van der Waals surface area contributed by atoms with Crippen molar-refractivity contribution in [2.24, 2.45) is 0 Å². The lowest BCUT2D eigenvalue weighted by Crippen LogP contribution is -2.31. The number of rotatable bonds is 5. The molecule has 0 saturated carbocycles. The summed E-state index contributed by atoms with van der Waals surface area (Å²) >= 11 is 0. The number of hydrazine groups is 1. The van der Waals surface area contributed by atoms with Crippen molar-refractivity contribution in [2.45, 2.75) is 6.92 Å². The van der Waals surface area contributed by atoms with Crippen LogP contribution < -0.4 is 21.9 Å². The van der Waals surface area contributed by atoms with E-state index >= 15 is 0 Å². The van der Waals surface area contributed by atoms with E-state index in [9.17, 15) is 9.18 Å². The normalized spacial score (nSPS) is 10.2. The Balaban J connectivity index is 1.73. The maximum Gasteiger partial charge on any atom is 0.272 e. The number of hydrogen-bond donors (Lipinski definition) is 4. The molecule has 0 unspecified atom stereocenters. The Labute approximate surface area is 148 Å². The number of nitrogen functional groups attached to an aromatic ring is 1. The molecule has 0 aliphatic heterocycles. The maximum absolute atomic E-state index is 13.6. The Bertz CT molecular complexity index is 948. The van der Waals surface area contributed by atoms with Crippen molar-refractivity contribution in [1.82, 2.24) is 20.4 Å². The summed E-state index contributed by atoms with van der Waals surface area (Å²) < 4.78 is 13.6. The molecule has 0 aliphatic rings. The minimum atomic E-state index is -0.657. The van der Waals surface area contributed by atoms with Gasteiger partial charge in [0.2, 0.25) is 0 Å². The van der Waals surface area contributed by atoms with Gasteiger partial charge < -0.3 is 11.1 Å². The number of amides is 1. The fourth-order valence-corrected chi connectivity index (χ4v) is 2.16. The average Bonchev–Trinajstić information content (AvgIpc) is 2.62. The van der Waals surface area contributed by atoms with Crippen molar-refractivity contribution in [3.63, 3.8) is 0 Å². The highest BCUT2D eigenvalue weighted by Crippen LogP contribution is 2.24. The van der Waals surface area contributed by atoms with Gasteiger partial charge in [-0.1, -0.05) is 18.2 Å². The van der Waals surface area contributed by atoms with Gasteiger partial charge in [0.25, 0.3) is 5.91 Å². The van der Waals surface area contributed by atoms with Crippen molar-refractivity contribution in [1.29, 1.82) is 0 Å². The number of aromatic nitrogens is 3. The number of carbonyl (C=O) groups is 1. The van der Waals surface area contributed by atoms with Crippen LogP contribution in [0.15, 0.2) is 48.8 Å². The molecule has 0 bridgehead atoms. The summed E-state index contributed by atoms with van der Waals surface area (Å²) in [5.41, 5.74) is 11.8. The van der Waals surface area contributed by atoms with Crippen molar-refractivity contribution in [3.05, 3.63) is 65.9 Å². The van der Waals surface area contributed by atoms with Crippen LogP contribution in [0, 0.1) is 12.7 Å². The molecule has 0 radical (unpaired) electrons. The molecule has 2 aromatic heterocycles. The predicted molar refractivity (Wildman–Crippen MR) is 96.2 cm³/mol. The van der Waals surface area contributed by atoms with Gasteiger partial charge in [-0.05, 0) is 31.2 Å². The zero-order valence-electron chi connectivity index (χ0n) is 13.8. The van der Waals surface area contributed by atoms with E-state index in [0.29, 0.717) is 11.6 Å². The Morgan fingerprint density at radius 3 is 2.62 bits per heavy atom. The summed E-state index contributed by atoms with van der Waals surface area (Å²) in [5, 5.41) is 2.98. The molecule has 0 fully saturated rings. The molecule has 0 spiro atoms. The SMILES string of the molecule is Cc1cccc(Nc2ncnc(NNC(=O)c3ccccc3F)c2N)n1. The standard InChI is InChI=1S/C17H16FN7O/c1-10-5-4-8-13(22-10)23-15-14(19)16(21-9-20-15)24-25-17(26)11-6-2-3-7-12(11)18/h2-9H,19H2,1H3,(H,25,26)(H2,20,21,22,23,24). The Morgan fingerprint density at radius 2 is 1.85 bits per heavy atom. The number of aryl methyl sites for hydroxylation is 1. The van der Waals surface area contributed by atoms with Crippen molar-refractivity contribution in [2.75, 3.05) is 16.5 Å². The Kier molecular flexibility index (Phi) is 4.88. The monoisotopic (exact) mass is 353 g/mol. The lowest BCUT2D eigenvalue weighted by molar-refractivity contribution is 0.0958. The molecule has 0 saturated heterocycles. The second kappa shape index (κ2) is 7.43. The summed E-state index contributed by atoms with van der Waals surface area (Å²) in [6, 6.07) is 11.1. The quantitative estimate of drug-likeness (QED) is 0.520. The molecule has 1 aromatic carbocycles. The highest BCUT2D eigenvalue weighted by molar-refractivity contribution is 5.95. The second-order valence-corrected chi connectivity index (χ2v) is 5.33. The van der Waals surface area contributed by atoms with E-state index in [2.05, 4.69) is 31.1 Å². The molecule has 8 nitrogen and oxygen atoms in total. The molecule has 3 rings (SSSR count). The van der Waals surface area contributed by atoms with Gasteiger partial charge in [-0.2, -0.15) is 0 Å². The van der Waals surface area contributed by atoms with Crippen LogP contribution in [-0.2, 0) is 0 Å². The summed E-state index contributed by atoms with van der Waals surface area (Å²) in [5.74, 6) is -0.233. The van der Waals surface area contributed by atoms with Crippen molar-refractivity contribution >= 4 is 29.0 Å². The largest absolute Gasteiger partial charge is 0.393 e. The van der Waals surface area contributed by atoms with E-state index in [1.54, 1.807) is 12.1 Å². The smallest absolute Gasteiger partial charge is 0.272 e. The molecule has 9 heteroatoms. The predicted octanol–water partition coefficient (Wildman–Crippen LogP) is 2.40. The molecule has 132 valence electrons. The van der Waals surface area contributed by atoms with Crippen LogP contribution in [0.5, 0.6) is 0 Å². The van der Waals surface area contributed by atoms with Gasteiger partial charge in [0.05, 0.1) is 5.56 Å². The van der Waals surface area contributed by atoms with E-state index in [1.807, 2.05) is 19.1 Å². The van der Waals surface area contributed by atoms with Gasteiger partial charge in [-0.15, -0.1) is 0 Å². The molecular formula is C17H16FN7O. The van der Waals surface area contributed by atoms with Crippen LogP contribution in [0.3, 0.4) is 0 Å². The highest BCUT2D eigenvalue weighted by Gasteiger charge is 2.13. The third-order valence-corrected chi connectivity index (χ3v) is 3.43. The topological polar surface area (TPSA) is 118 Å². The van der Waals surface area contributed by atoms with Crippen molar-refractivity contribution in [3.8, 4) is 0 Å². The fourth-order valence-electron chi connectivity index (χ4n) is 2.16. The van der Waals surface area contributed by atoms with Gasteiger partial charge in [-0.25, -0.2) is 19.3 Å². The lowest BCUT2D eigenvalue weighted by atomic mass is 10.2. The van der Waals surface area contributed by atoms with Crippen LogP contribution >= 0.6 is 0 Å². The number of hydrogen-bond acceptors (Lipinski definition) is 7. The minimum absolute atomic E-state index is 0.102. The molecule has 5 N–H and O–H groups in total. The number of carbonyl (C=O) groups excluding carboxylic acids is 1. The van der Waals surface area contributed by atoms with E-state index in [-0.39, 0.29) is 17.1 Å². The highest BCUT2D eigenvalue weighted by atomic mass is 19.1. The molecule has 1 amide bonds. The molecule has 3 aromatic rings. The van der Waals surface area contributed by atoms with Crippen LogP contribution in [-0.4, -0.2) is 20.9 Å². The first kappa shape index (κ1) is 17.1. The van der Waals surface area contributed by atoms with Crippen LogP contribution in [0.1, 0.15) is 16.1 Å². The molecule has 2 heterocycles. The molecule has 26 heavy (non-hydrogen) atoms. The first-order chi connectivity index (χ1) is 12.5. The Hall–Kier alpha value is -3.75. The first-order valence-corrected chi connectivity index (χ1v) is 7.66. The van der Waals surface area contributed by atoms with Gasteiger partial charge in [-0.3, -0.25) is 15.6 Å². The van der Waals surface area contributed by atoms with E-state index in [1.165, 1.54) is 24.5 Å². The number of nitrogens with one attached hydrogen (secondary N) is 3. The average molecular weight is 353 g/mol. The number of nitrogens with two attached hydrogens (primary N) is 1. The van der Waals surface area contributed by atoms with Crippen LogP contribution in [0.25, 0.3) is 0 Å². The number of anilines is 4. The summed E-state index contributed by atoms with van der Waals surface area (Å²) in [6.45, 7) is 1.86. The van der Waals surface area contributed by atoms with E-state index in [0.717, 1.165) is 5.69 Å². The Morgan fingerprint density at radius 1 is 1.08 bits per heavy atom. The summed E-state index contributed by atoms with van der Waals surface area (Å²) in [7, 11) is 0. The third-order valence-electron chi connectivity index (χ3n) is 3.43. The van der Waals surface area contributed by atoms with Gasteiger partial charge in [0.1, 0.15) is 23.6 Å². The van der Waals surface area contributed by atoms with Crippen molar-refractivity contribution < 1.29 is 9.18 Å². The van der Waals surface area contributed by atoms with Crippen LogP contribution in [0.2, 0.25) is 0 Å². The number of nitrogens with zero attached hydrogens (tertiary/aromatic N) is 3. The second-order valence-electron chi connectivity index (χ2n) is 5.33. The maximum atomic E-state index is 13.6. The lowest BCUT2D eigenvalue weighted by Gasteiger charge is -2.13. The van der Waals surface area contributed by atoms with Gasteiger partial charge in [0, 0.05) is 5.69 Å². The minimum Gasteiger partial charge on any atom is -0.393 e. The first-order valence-electron chi connectivity index (χ1n) is 7.66. The van der Waals surface area contributed by atoms with Gasteiger partial charge >= 0.3 is 0 Å². The zero-order chi connectivity index (χ0) is 18.5. The molecular weight excluding hydrogens is 337 g/mol. The number of benzene rings is 1. The molecule has 0 aliphatic carbocycles. The van der Waals surface area contributed by atoms with Crippen LogP contribution in [0.4, 0.5) is 27.5 Å². The van der Waals surface area contributed by atoms with Gasteiger partial charge in [0.15, 0.2) is 11.6 Å². The summed E-state index contributed by atoms with van der Waals surface area (Å²) in [4.78, 5) is 24.4. The van der Waals surface area contributed by atoms with E-state index < -0.39 is 11.7 Å². The molecule has 0 atom stereocenters. The summed E-state index contributed by atoms with van der Waals surface area (Å²) in [6.07, 6.45) is 1.27.